The molecule has 0 aliphatic carbocycles. The Hall–Kier alpha value is -1.07. The largest absolute Gasteiger partial charge is 0.409 e. The highest BCUT2D eigenvalue weighted by Gasteiger charge is 2.40. The predicted molar refractivity (Wildman–Crippen MR) is 52.0 cm³/mol. The summed E-state index contributed by atoms with van der Waals surface area (Å²) in [4.78, 5) is 0. The van der Waals surface area contributed by atoms with Crippen LogP contribution in [0.25, 0.3) is 0 Å². The first-order chi connectivity index (χ1) is 6.88. The lowest BCUT2D eigenvalue weighted by Crippen LogP contribution is -2.38. The van der Waals surface area contributed by atoms with Crippen molar-refractivity contribution in [3.05, 3.63) is 34.9 Å². The Morgan fingerprint density at radius 2 is 1.87 bits per heavy atom. The lowest BCUT2D eigenvalue weighted by atomic mass is 9.97. The van der Waals surface area contributed by atoms with Crippen molar-refractivity contribution in [1.82, 2.24) is 5.43 Å². The zero-order chi connectivity index (χ0) is 11.6. The minimum Gasteiger partial charge on any atom is -0.271 e. The van der Waals surface area contributed by atoms with E-state index in [9.17, 15) is 13.2 Å². The highest BCUT2D eigenvalue weighted by molar-refractivity contribution is 5.35. The third-order valence-electron chi connectivity index (χ3n) is 2.45. The molecular weight excluding hydrogens is 205 g/mol. The second kappa shape index (κ2) is 4.20. The van der Waals surface area contributed by atoms with Gasteiger partial charge in [0, 0.05) is 0 Å². The maximum Gasteiger partial charge on any atom is 0.409 e. The molecular formula is C10H13F3N2. The normalized spacial score (nSPS) is 14.0. The van der Waals surface area contributed by atoms with Crippen LogP contribution in [0.4, 0.5) is 13.2 Å². The molecule has 15 heavy (non-hydrogen) atoms. The van der Waals surface area contributed by atoms with Crippen LogP contribution in [0, 0.1) is 13.8 Å². The molecule has 0 fully saturated rings. The first-order valence-corrected chi connectivity index (χ1v) is 4.47. The number of alkyl halides is 3. The van der Waals surface area contributed by atoms with Crippen LogP contribution in [-0.4, -0.2) is 6.18 Å². The van der Waals surface area contributed by atoms with Gasteiger partial charge in [-0.1, -0.05) is 18.2 Å². The van der Waals surface area contributed by atoms with E-state index in [-0.39, 0.29) is 5.56 Å². The summed E-state index contributed by atoms with van der Waals surface area (Å²) < 4.78 is 37.7. The summed E-state index contributed by atoms with van der Waals surface area (Å²) in [6.45, 7) is 3.42. The second-order valence-corrected chi connectivity index (χ2v) is 3.43. The zero-order valence-electron chi connectivity index (χ0n) is 8.52. The Morgan fingerprint density at radius 1 is 1.27 bits per heavy atom. The molecule has 0 amide bonds. The lowest BCUT2D eigenvalue weighted by molar-refractivity contribution is -0.158. The number of benzene rings is 1. The molecule has 0 aliphatic rings. The van der Waals surface area contributed by atoms with E-state index < -0.39 is 12.2 Å². The molecule has 1 aromatic carbocycles. The first-order valence-electron chi connectivity index (χ1n) is 4.47. The number of nitrogens with two attached hydrogens (primary N) is 1. The monoisotopic (exact) mass is 218 g/mol. The van der Waals surface area contributed by atoms with Gasteiger partial charge in [-0.15, -0.1) is 0 Å². The van der Waals surface area contributed by atoms with E-state index in [2.05, 4.69) is 0 Å². The molecule has 0 heterocycles. The number of hydrazine groups is 1. The number of aryl methyl sites for hydroxylation is 1. The van der Waals surface area contributed by atoms with Gasteiger partial charge in [0.1, 0.15) is 6.04 Å². The summed E-state index contributed by atoms with van der Waals surface area (Å²) in [5, 5.41) is 0. The summed E-state index contributed by atoms with van der Waals surface area (Å²) in [7, 11) is 0. The average molecular weight is 218 g/mol. The molecule has 0 saturated carbocycles. The highest BCUT2D eigenvalue weighted by atomic mass is 19.4. The van der Waals surface area contributed by atoms with E-state index in [1.165, 1.54) is 6.07 Å². The molecule has 1 atom stereocenters. The Kier molecular flexibility index (Phi) is 3.36. The molecule has 3 N–H and O–H groups in total. The van der Waals surface area contributed by atoms with Crippen LogP contribution in [0.3, 0.4) is 0 Å². The predicted octanol–water partition coefficient (Wildman–Crippen LogP) is 2.37. The van der Waals surface area contributed by atoms with Gasteiger partial charge in [0.25, 0.3) is 0 Å². The van der Waals surface area contributed by atoms with Gasteiger partial charge in [0.05, 0.1) is 0 Å². The highest BCUT2D eigenvalue weighted by Crippen LogP contribution is 2.34. The quantitative estimate of drug-likeness (QED) is 0.590. The minimum atomic E-state index is -4.38. The van der Waals surface area contributed by atoms with Gasteiger partial charge in [-0.05, 0) is 30.5 Å². The summed E-state index contributed by atoms with van der Waals surface area (Å²) >= 11 is 0. The molecule has 0 saturated heterocycles. The summed E-state index contributed by atoms with van der Waals surface area (Å²) in [6.07, 6.45) is -4.38. The van der Waals surface area contributed by atoms with Crippen molar-refractivity contribution in [3.8, 4) is 0 Å². The Morgan fingerprint density at radius 3 is 2.33 bits per heavy atom. The van der Waals surface area contributed by atoms with Crippen LogP contribution in [-0.2, 0) is 0 Å². The molecule has 0 aliphatic heterocycles. The molecule has 0 radical (unpaired) electrons. The lowest BCUT2D eigenvalue weighted by Gasteiger charge is -2.22. The van der Waals surface area contributed by atoms with E-state index >= 15 is 0 Å². The number of halogens is 3. The number of rotatable bonds is 2. The van der Waals surface area contributed by atoms with Crippen LogP contribution >= 0.6 is 0 Å². The van der Waals surface area contributed by atoms with Gasteiger partial charge in [-0.25, -0.2) is 5.43 Å². The summed E-state index contributed by atoms with van der Waals surface area (Å²) in [5.41, 5.74) is 3.40. The Balaban J connectivity index is 3.19. The Bertz CT molecular complexity index is 347. The van der Waals surface area contributed by atoms with Crippen molar-refractivity contribution in [1.29, 1.82) is 0 Å². The van der Waals surface area contributed by atoms with E-state index in [4.69, 9.17) is 5.84 Å². The Labute approximate surface area is 86.2 Å². The maximum absolute atomic E-state index is 12.6. The van der Waals surface area contributed by atoms with Crippen molar-refractivity contribution in [2.75, 3.05) is 0 Å². The fraction of sp³-hybridized carbons (Fsp3) is 0.400. The van der Waals surface area contributed by atoms with Gasteiger partial charge in [0.2, 0.25) is 0 Å². The molecule has 1 aromatic rings. The molecule has 0 aromatic heterocycles. The van der Waals surface area contributed by atoms with Crippen LogP contribution in [0.1, 0.15) is 22.7 Å². The molecule has 0 bridgehead atoms. The fourth-order valence-corrected chi connectivity index (χ4v) is 1.45. The van der Waals surface area contributed by atoms with Crippen LogP contribution in [0.5, 0.6) is 0 Å². The molecule has 5 heteroatoms. The van der Waals surface area contributed by atoms with Crippen LogP contribution < -0.4 is 11.3 Å². The van der Waals surface area contributed by atoms with Gasteiger partial charge in [-0.2, -0.15) is 13.2 Å². The fourth-order valence-electron chi connectivity index (χ4n) is 1.45. The van der Waals surface area contributed by atoms with E-state index in [1.54, 1.807) is 31.4 Å². The van der Waals surface area contributed by atoms with E-state index in [1.807, 2.05) is 0 Å². The number of hydrogen-bond donors (Lipinski definition) is 2. The van der Waals surface area contributed by atoms with Crippen molar-refractivity contribution in [2.24, 2.45) is 5.84 Å². The van der Waals surface area contributed by atoms with Crippen LogP contribution in [0.15, 0.2) is 18.2 Å². The third-order valence-corrected chi connectivity index (χ3v) is 2.45. The molecule has 1 unspecified atom stereocenters. The third kappa shape index (κ3) is 2.49. The second-order valence-electron chi connectivity index (χ2n) is 3.43. The van der Waals surface area contributed by atoms with E-state index in [0.717, 1.165) is 5.56 Å². The number of nitrogens with one attached hydrogen (secondary N) is 1. The zero-order valence-corrected chi connectivity index (χ0v) is 8.52. The van der Waals surface area contributed by atoms with Crippen molar-refractivity contribution < 1.29 is 13.2 Å². The van der Waals surface area contributed by atoms with Crippen molar-refractivity contribution in [3.63, 3.8) is 0 Å². The summed E-state index contributed by atoms with van der Waals surface area (Å²) in [5.74, 6) is 4.94. The SMILES string of the molecule is Cc1cccc(C(NN)C(F)(F)F)c1C. The topological polar surface area (TPSA) is 38.0 Å². The van der Waals surface area contributed by atoms with Gasteiger partial charge < -0.3 is 0 Å². The maximum atomic E-state index is 12.6. The van der Waals surface area contributed by atoms with Gasteiger partial charge >= 0.3 is 6.18 Å². The van der Waals surface area contributed by atoms with Gasteiger partial charge in [0.15, 0.2) is 0 Å². The van der Waals surface area contributed by atoms with Gasteiger partial charge in [-0.3, -0.25) is 5.84 Å². The standard InChI is InChI=1S/C10H13F3N2/c1-6-4-3-5-8(7(6)2)9(15-14)10(11,12)13/h3-5,9,15H,14H2,1-2H3. The molecule has 2 nitrogen and oxygen atoms in total. The average Bonchev–Trinajstić information content (AvgIpc) is 2.11. The number of hydrogen-bond acceptors (Lipinski definition) is 2. The molecule has 1 rings (SSSR count). The molecule has 0 spiro atoms. The summed E-state index contributed by atoms with van der Waals surface area (Å²) in [6, 6.07) is 2.98. The first kappa shape index (κ1) is 12.0. The van der Waals surface area contributed by atoms with Crippen LogP contribution in [0.2, 0.25) is 0 Å². The van der Waals surface area contributed by atoms with Crippen molar-refractivity contribution in [2.45, 2.75) is 26.1 Å². The minimum absolute atomic E-state index is 0.171. The van der Waals surface area contributed by atoms with Crippen molar-refractivity contribution >= 4 is 0 Å². The molecule has 84 valence electrons. The van der Waals surface area contributed by atoms with E-state index in [0.29, 0.717) is 5.56 Å². The smallest absolute Gasteiger partial charge is 0.271 e.